The van der Waals surface area contributed by atoms with Crippen molar-refractivity contribution in [2.24, 2.45) is 0 Å². The first kappa shape index (κ1) is 16.1. The van der Waals surface area contributed by atoms with Crippen LogP contribution in [0.3, 0.4) is 0 Å². The summed E-state index contributed by atoms with van der Waals surface area (Å²) in [6.45, 7) is 3.98. The van der Waals surface area contributed by atoms with E-state index in [9.17, 15) is 10.2 Å². The Balaban J connectivity index is 2.48. The molecule has 2 N–H and O–H groups in total. The Morgan fingerprint density at radius 3 is 1.38 bits per heavy atom. The van der Waals surface area contributed by atoms with E-state index in [4.69, 9.17) is 0 Å². The van der Waals surface area contributed by atoms with Crippen molar-refractivity contribution >= 4 is 25.3 Å². The van der Waals surface area contributed by atoms with Gasteiger partial charge in [-0.1, -0.05) is 35.4 Å². The van der Waals surface area contributed by atoms with Crippen LogP contribution in [0.5, 0.6) is 11.5 Å². The lowest BCUT2D eigenvalue weighted by molar-refractivity contribution is 0.458. The number of phenolic OH excluding ortho intramolecular Hbond substituents is 2. The van der Waals surface area contributed by atoms with Crippen molar-refractivity contribution in [1.82, 2.24) is 0 Å². The summed E-state index contributed by atoms with van der Waals surface area (Å²) in [4.78, 5) is 0. The van der Waals surface area contributed by atoms with E-state index in [0.29, 0.717) is 17.9 Å². The topological polar surface area (TPSA) is 40.5 Å². The first-order valence-corrected chi connectivity index (χ1v) is 8.07. The lowest BCUT2D eigenvalue weighted by Crippen LogP contribution is -1.96. The van der Waals surface area contributed by atoms with Crippen LogP contribution in [0.2, 0.25) is 0 Å². The van der Waals surface area contributed by atoms with E-state index in [1.165, 1.54) is 0 Å². The molecule has 0 aliphatic rings. The average Bonchev–Trinajstić information content (AvgIpc) is 2.45. The highest BCUT2D eigenvalue weighted by atomic mass is 32.1. The summed E-state index contributed by atoms with van der Waals surface area (Å²) in [6.07, 6.45) is 0.489. The van der Waals surface area contributed by atoms with Gasteiger partial charge in [0.25, 0.3) is 0 Å². The monoisotopic (exact) mass is 320 g/mol. The van der Waals surface area contributed by atoms with Crippen LogP contribution in [0.4, 0.5) is 0 Å². The first-order valence-electron chi connectivity index (χ1n) is 6.80. The van der Waals surface area contributed by atoms with Gasteiger partial charge in [0.15, 0.2) is 0 Å². The zero-order valence-corrected chi connectivity index (χ0v) is 14.0. The standard InChI is InChI=1S/C17H20O2S2/c1-10-3-12(16(18)14(5-10)8-20)7-13-4-11(2)6-15(9-21)17(13)19/h3-6,18-21H,7-9H2,1-2H3. The normalized spacial score (nSPS) is 10.9. The molecule has 2 aromatic rings. The minimum absolute atomic E-state index is 0.268. The molecule has 0 unspecified atom stereocenters. The van der Waals surface area contributed by atoms with Crippen LogP contribution in [0, 0.1) is 13.8 Å². The predicted octanol–water partition coefficient (Wildman–Crippen LogP) is 4.17. The van der Waals surface area contributed by atoms with Gasteiger partial charge >= 0.3 is 0 Å². The van der Waals surface area contributed by atoms with Crippen molar-refractivity contribution in [2.45, 2.75) is 31.8 Å². The van der Waals surface area contributed by atoms with E-state index in [0.717, 1.165) is 33.4 Å². The smallest absolute Gasteiger partial charge is 0.123 e. The van der Waals surface area contributed by atoms with Crippen LogP contribution in [-0.4, -0.2) is 10.2 Å². The van der Waals surface area contributed by atoms with Crippen molar-refractivity contribution < 1.29 is 10.2 Å². The Morgan fingerprint density at radius 2 is 1.05 bits per heavy atom. The lowest BCUT2D eigenvalue weighted by Gasteiger charge is -2.14. The van der Waals surface area contributed by atoms with Crippen LogP contribution in [0.25, 0.3) is 0 Å². The third-order valence-electron chi connectivity index (χ3n) is 3.55. The van der Waals surface area contributed by atoms with Crippen molar-refractivity contribution in [3.8, 4) is 11.5 Å². The molecule has 0 radical (unpaired) electrons. The molecule has 21 heavy (non-hydrogen) atoms. The van der Waals surface area contributed by atoms with Crippen LogP contribution < -0.4 is 0 Å². The molecule has 2 rings (SSSR count). The van der Waals surface area contributed by atoms with Crippen molar-refractivity contribution in [1.29, 1.82) is 0 Å². The van der Waals surface area contributed by atoms with Gasteiger partial charge in [-0.15, -0.1) is 0 Å². The molecule has 0 saturated carbocycles. The minimum atomic E-state index is 0.268. The second kappa shape index (κ2) is 6.67. The summed E-state index contributed by atoms with van der Waals surface area (Å²) in [5, 5.41) is 20.6. The van der Waals surface area contributed by atoms with E-state index < -0.39 is 0 Å². The third kappa shape index (κ3) is 3.50. The van der Waals surface area contributed by atoms with Gasteiger partial charge in [0.2, 0.25) is 0 Å². The fraction of sp³-hybridized carbons (Fsp3) is 0.294. The van der Waals surface area contributed by atoms with Gasteiger partial charge in [-0.3, -0.25) is 0 Å². The van der Waals surface area contributed by atoms with E-state index in [-0.39, 0.29) is 11.5 Å². The van der Waals surface area contributed by atoms with E-state index in [2.05, 4.69) is 25.3 Å². The fourth-order valence-electron chi connectivity index (χ4n) is 2.58. The third-order valence-corrected chi connectivity index (χ3v) is 4.23. The highest BCUT2D eigenvalue weighted by Crippen LogP contribution is 2.32. The molecule has 0 spiro atoms. The number of aryl methyl sites for hydroxylation is 2. The van der Waals surface area contributed by atoms with Gasteiger partial charge < -0.3 is 10.2 Å². The van der Waals surface area contributed by atoms with Crippen LogP contribution in [0.15, 0.2) is 24.3 Å². The molecular formula is C17H20O2S2. The zero-order valence-electron chi connectivity index (χ0n) is 12.2. The number of hydrogen-bond donors (Lipinski definition) is 4. The number of hydrogen-bond acceptors (Lipinski definition) is 4. The molecule has 2 aromatic carbocycles. The predicted molar refractivity (Wildman–Crippen MR) is 93.9 cm³/mol. The summed E-state index contributed by atoms with van der Waals surface area (Å²) in [5.74, 6) is 1.51. The maximum Gasteiger partial charge on any atom is 0.123 e. The van der Waals surface area contributed by atoms with Crippen LogP contribution in [-0.2, 0) is 17.9 Å². The van der Waals surface area contributed by atoms with Gasteiger partial charge in [0, 0.05) is 29.1 Å². The number of thiol groups is 2. The second-order valence-electron chi connectivity index (χ2n) is 5.36. The molecule has 2 nitrogen and oxygen atoms in total. The molecule has 0 atom stereocenters. The maximum absolute atomic E-state index is 10.3. The SMILES string of the molecule is Cc1cc(CS)c(O)c(Cc2cc(C)cc(CS)c2O)c1. The molecule has 0 saturated heterocycles. The van der Waals surface area contributed by atoms with E-state index in [1.54, 1.807) is 0 Å². The minimum Gasteiger partial charge on any atom is -0.507 e. The van der Waals surface area contributed by atoms with Gasteiger partial charge in [-0.2, -0.15) is 25.3 Å². The molecule has 0 heterocycles. The summed E-state index contributed by atoms with van der Waals surface area (Å²) in [7, 11) is 0. The van der Waals surface area contributed by atoms with Crippen molar-refractivity contribution in [3.05, 3.63) is 57.6 Å². The molecule has 0 amide bonds. The molecule has 112 valence electrons. The molecule has 0 aliphatic carbocycles. The van der Waals surface area contributed by atoms with E-state index in [1.807, 2.05) is 38.1 Å². The van der Waals surface area contributed by atoms with Gasteiger partial charge in [0.05, 0.1) is 0 Å². The number of phenols is 2. The van der Waals surface area contributed by atoms with E-state index >= 15 is 0 Å². The quantitative estimate of drug-likeness (QED) is 0.639. The highest BCUT2D eigenvalue weighted by Gasteiger charge is 2.13. The Kier molecular flexibility index (Phi) is 5.12. The van der Waals surface area contributed by atoms with Gasteiger partial charge in [0.1, 0.15) is 11.5 Å². The first-order chi connectivity index (χ1) is 9.96. The Bertz CT molecular complexity index is 609. The van der Waals surface area contributed by atoms with Crippen LogP contribution in [0.1, 0.15) is 33.4 Å². The Morgan fingerprint density at radius 1 is 0.714 bits per heavy atom. The zero-order chi connectivity index (χ0) is 15.6. The van der Waals surface area contributed by atoms with Crippen molar-refractivity contribution in [3.63, 3.8) is 0 Å². The Labute approximate surface area is 136 Å². The second-order valence-corrected chi connectivity index (χ2v) is 5.99. The summed E-state index contributed by atoms with van der Waals surface area (Å²) >= 11 is 8.50. The summed E-state index contributed by atoms with van der Waals surface area (Å²) < 4.78 is 0. The number of rotatable bonds is 4. The average molecular weight is 320 g/mol. The molecule has 0 aromatic heterocycles. The molecule has 0 bridgehead atoms. The molecule has 4 heteroatoms. The fourth-order valence-corrected chi connectivity index (χ4v) is 3.07. The molecule has 0 aliphatic heterocycles. The maximum atomic E-state index is 10.3. The van der Waals surface area contributed by atoms with Crippen molar-refractivity contribution in [2.75, 3.05) is 0 Å². The highest BCUT2D eigenvalue weighted by molar-refractivity contribution is 7.79. The number of benzene rings is 2. The largest absolute Gasteiger partial charge is 0.507 e. The summed E-state index contributed by atoms with van der Waals surface area (Å²) in [5.41, 5.74) is 5.40. The molecular weight excluding hydrogens is 300 g/mol. The molecule has 0 fully saturated rings. The lowest BCUT2D eigenvalue weighted by atomic mass is 9.96. The Hall–Kier alpha value is -1.26. The number of aromatic hydroxyl groups is 2. The van der Waals surface area contributed by atoms with Gasteiger partial charge in [-0.25, -0.2) is 0 Å². The van der Waals surface area contributed by atoms with Gasteiger partial charge in [-0.05, 0) is 25.0 Å². The summed E-state index contributed by atoms with van der Waals surface area (Å²) in [6, 6.07) is 7.76. The van der Waals surface area contributed by atoms with Crippen LogP contribution >= 0.6 is 25.3 Å².